The Morgan fingerprint density at radius 2 is 1.82 bits per heavy atom. The summed E-state index contributed by atoms with van der Waals surface area (Å²) in [6, 6.07) is 13.2. The number of benzene rings is 2. The van der Waals surface area contributed by atoms with Gasteiger partial charge in [0.2, 0.25) is 21.9 Å². The Balaban J connectivity index is 1.48. The molecule has 0 amide bonds. The van der Waals surface area contributed by atoms with Gasteiger partial charge in [-0.25, -0.2) is 13.2 Å². The first kappa shape index (κ1) is 22.9. The molecule has 2 aromatic carbocycles. The van der Waals surface area contributed by atoms with Crippen molar-refractivity contribution in [2.24, 2.45) is 0 Å². The summed E-state index contributed by atoms with van der Waals surface area (Å²) in [7, 11) is -3.80. The summed E-state index contributed by atoms with van der Waals surface area (Å²) in [5.41, 5.74) is 6.54. The summed E-state index contributed by atoms with van der Waals surface area (Å²) < 4.78 is 32.4. The Bertz CT molecular complexity index is 1270. The lowest BCUT2D eigenvalue weighted by atomic mass is 10.2. The monoisotopic (exact) mass is 488 g/mol. The number of aromatic nitrogens is 3. The molecule has 0 radical (unpaired) electrons. The maximum absolute atomic E-state index is 12.9. The number of rotatable bonds is 7. The number of nitrogen functional groups attached to an aromatic ring is 1. The number of ether oxygens (including phenoxy) is 1. The van der Waals surface area contributed by atoms with Crippen molar-refractivity contribution in [3.63, 3.8) is 0 Å². The van der Waals surface area contributed by atoms with Crippen molar-refractivity contribution >= 4 is 45.2 Å². The molecule has 0 aliphatic carbocycles. The van der Waals surface area contributed by atoms with E-state index in [9.17, 15) is 13.2 Å². The van der Waals surface area contributed by atoms with Gasteiger partial charge in [0.05, 0.1) is 10.6 Å². The fraction of sp³-hybridized carbons (Fsp3) is 0.238. The molecule has 0 saturated carbocycles. The van der Waals surface area contributed by atoms with Crippen LogP contribution >= 0.6 is 11.6 Å². The van der Waals surface area contributed by atoms with Crippen molar-refractivity contribution in [3.8, 4) is 0 Å². The van der Waals surface area contributed by atoms with Gasteiger partial charge in [-0.1, -0.05) is 29.8 Å². The van der Waals surface area contributed by atoms with Crippen LogP contribution in [0.5, 0.6) is 0 Å². The fourth-order valence-electron chi connectivity index (χ4n) is 3.32. The number of esters is 1. The largest absolute Gasteiger partial charge is 0.454 e. The van der Waals surface area contributed by atoms with Crippen molar-refractivity contribution in [2.45, 2.75) is 24.3 Å². The van der Waals surface area contributed by atoms with Crippen LogP contribution in [0, 0.1) is 0 Å². The zero-order valence-corrected chi connectivity index (χ0v) is 19.0. The van der Waals surface area contributed by atoms with Crippen LogP contribution in [0.4, 0.5) is 17.6 Å². The Labute approximate surface area is 195 Å². The number of nitrogens with two attached hydrogens (primary N) is 1. The van der Waals surface area contributed by atoms with Crippen LogP contribution in [0.3, 0.4) is 0 Å². The molecule has 2 heterocycles. The quantitative estimate of drug-likeness (QED) is 0.480. The molecule has 172 valence electrons. The third kappa shape index (κ3) is 5.38. The summed E-state index contributed by atoms with van der Waals surface area (Å²) in [4.78, 5) is 24.7. The van der Waals surface area contributed by atoms with Crippen LogP contribution in [-0.2, 0) is 21.4 Å². The van der Waals surface area contributed by atoms with Crippen molar-refractivity contribution in [1.29, 1.82) is 0 Å². The lowest BCUT2D eigenvalue weighted by Gasteiger charge is -2.17. The Morgan fingerprint density at radius 1 is 1.09 bits per heavy atom. The van der Waals surface area contributed by atoms with E-state index in [1.807, 2.05) is 30.3 Å². The van der Waals surface area contributed by atoms with E-state index in [4.69, 9.17) is 22.1 Å². The first-order valence-electron chi connectivity index (χ1n) is 10.1. The lowest BCUT2D eigenvalue weighted by Crippen LogP contribution is -2.28. The smallest absolute Gasteiger partial charge is 0.338 e. The normalized spacial score (nSPS) is 14.2. The number of carbonyl (C=O) groups excluding carboxylic acids is 1. The molecule has 1 aromatic heterocycles. The molecule has 0 atom stereocenters. The molecule has 0 bridgehead atoms. The molecule has 33 heavy (non-hydrogen) atoms. The first-order valence-corrected chi connectivity index (χ1v) is 11.9. The second-order valence-corrected chi connectivity index (χ2v) is 9.57. The topological polar surface area (TPSA) is 140 Å². The molecule has 4 rings (SSSR count). The third-order valence-corrected chi connectivity index (χ3v) is 7.29. The molecule has 10 nitrogen and oxygen atoms in total. The van der Waals surface area contributed by atoms with Crippen LogP contribution in [0.25, 0.3) is 0 Å². The summed E-state index contributed by atoms with van der Waals surface area (Å²) in [5.74, 6) is -0.459. The number of carbonyl (C=O) groups is 1. The highest BCUT2D eigenvalue weighted by atomic mass is 35.5. The number of hydrogen-bond donors (Lipinski definition) is 2. The second kappa shape index (κ2) is 9.69. The molecular weight excluding hydrogens is 468 g/mol. The maximum Gasteiger partial charge on any atom is 0.338 e. The predicted octanol–water partition coefficient (Wildman–Crippen LogP) is 2.99. The predicted molar refractivity (Wildman–Crippen MR) is 123 cm³/mol. The van der Waals surface area contributed by atoms with Gasteiger partial charge in [0.15, 0.2) is 12.4 Å². The van der Waals surface area contributed by atoms with Gasteiger partial charge < -0.3 is 15.8 Å². The van der Waals surface area contributed by atoms with Crippen molar-refractivity contribution < 1.29 is 17.9 Å². The summed E-state index contributed by atoms with van der Waals surface area (Å²) in [6.07, 6.45) is 1.57. The van der Waals surface area contributed by atoms with E-state index in [1.54, 1.807) is 0 Å². The molecule has 0 unspecified atom stereocenters. The minimum absolute atomic E-state index is 0.0417. The Kier molecular flexibility index (Phi) is 6.72. The Morgan fingerprint density at radius 3 is 2.55 bits per heavy atom. The van der Waals surface area contributed by atoms with Gasteiger partial charge in [-0.3, -0.25) is 0 Å². The van der Waals surface area contributed by atoms with Gasteiger partial charge in [-0.15, -0.1) is 0 Å². The summed E-state index contributed by atoms with van der Waals surface area (Å²) in [5, 5.41) is 3.03. The number of hydrogen-bond acceptors (Lipinski definition) is 9. The molecule has 3 N–H and O–H groups in total. The average Bonchev–Trinajstić information content (AvgIpc) is 3.34. The van der Waals surface area contributed by atoms with Crippen LogP contribution < -0.4 is 11.1 Å². The number of sulfonamides is 1. The molecule has 1 aliphatic heterocycles. The zero-order valence-electron chi connectivity index (χ0n) is 17.4. The minimum atomic E-state index is -3.80. The summed E-state index contributed by atoms with van der Waals surface area (Å²) in [6.45, 7) is 0.562. The number of nitrogens with one attached hydrogen (secondary N) is 1. The lowest BCUT2D eigenvalue weighted by molar-refractivity contribution is 0.0462. The molecule has 1 saturated heterocycles. The van der Waals surface area contributed by atoms with Gasteiger partial charge in [0, 0.05) is 18.8 Å². The third-order valence-electron chi connectivity index (χ3n) is 4.91. The highest BCUT2D eigenvalue weighted by Gasteiger charge is 2.30. The van der Waals surface area contributed by atoms with E-state index in [0.717, 1.165) is 18.5 Å². The standard InChI is InChI=1S/C21H21ClN6O4S/c22-16-9-8-14(12-17(16)33(30,31)28-10-4-5-11-28)19(29)32-13-18-25-20(23)27-21(26-18)24-15-6-2-1-3-7-15/h1-3,6-9,12H,4-5,10-11,13H2,(H3,23,24,25,26,27). The summed E-state index contributed by atoms with van der Waals surface area (Å²) >= 11 is 6.13. The zero-order chi connectivity index (χ0) is 23.4. The van der Waals surface area contributed by atoms with Crippen molar-refractivity contribution in [3.05, 3.63) is 64.9 Å². The van der Waals surface area contributed by atoms with Crippen molar-refractivity contribution in [2.75, 3.05) is 24.1 Å². The fourth-order valence-corrected chi connectivity index (χ4v) is 5.34. The van der Waals surface area contributed by atoms with E-state index >= 15 is 0 Å². The second-order valence-electron chi connectivity index (χ2n) is 7.26. The molecule has 12 heteroatoms. The molecular formula is C21H21ClN6O4S. The van der Waals surface area contributed by atoms with E-state index in [0.29, 0.717) is 13.1 Å². The van der Waals surface area contributed by atoms with Gasteiger partial charge in [0.25, 0.3) is 0 Å². The number of anilines is 3. The number of nitrogens with zero attached hydrogens (tertiary/aromatic N) is 4. The highest BCUT2D eigenvalue weighted by Crippen LogP contribution is 2.28. The van der Waals surface area contributed by atoms with E-state index in [1.165, 1.54) is 22.5 Å². The SMILES string of the molecule is Nc1nc(COC(=O)c2ccc(Cl)c(S(=O)(=O)N3CCCC3)c2)nc(Nc2ccccc2)n1. The highest BCUT2D eigenvalue weighted by molar-refractivity contribution is 7.89. The number of para-hydroxylation sites is 1. The van der Waals surface area contributed by atoms with Gasteiger partial charge >= 0.3 is 5.97 Å². The average molecular weight is 489 g/mol. The van der Waals surface area contributed by atoms with E-state index in [2.05, 4.69) is 20.3 Å². The van der Waals surface area contributed by atoms with Crippen molar-refractivity contribution in [1.82, 2.24) is 19.3 Å². The van der Waals surface area contributed by atoms with E-state index < -0.39 is 16.0 Å². The number of halogens is 1. The molecule has 0 spiro atoms. The first-order chi connectivity index (χ1) is 15.8. The minimum Gasteiger partial charge on any atom is -0.454 e. The molecule has 3 aromatic rings. The molecule has 1 aliphatic rings. The van der Waals surface area contributed by atoms with Crippen LogP contribution in [0.2, 0.25) is 5.02 Å². The van der Waals surface area contributed by atoms with Gasteiger partial charge in [0.1, 0.15) is 4.90 Å². The van der Waals surface area contributed by atoms with Gasteiger partial charge in [-0.05, 0) is 43.2 Å². The molecule has 1 fully saturated rings. The van der Waals surface area contributed by atoms with Gasteiger partial charge in [-0.2, -0.15) is 19.3 Å². The van der Waals surface area contributed by atoms with Crippen LogP contribution in [0.1, 0.15) is 29.0 Å². The Hall–Kier alpha value is -3.28. The van der Waals surface area contributed by atoms with Crippen LogP contribution in [0.15, 0.2) is 53.4 Å². The van der Waals surface area contributed by atoms with Crippen LogP contribution in [-0.4, -0.2) is 46.7 Å². The maximum atomic E-state index is 12.9. The van der Waals surface area contributed by atoms with E-state index in [-0.39, 0.29) is 39.8 Å².